The molecule has 5 rings (SSSR count). The summed E-state index contributed by atoms with van der Waals surface area (Å²) in [5.74, 6) is -1.16. The van der Waals surface area contributed by atoms with Crippen molar-refractivity contribution in [2.24, 2.45) is 5.92 Å². The zero-order chi connectivity index (χ0) is 28.8. The highest BCUT2D eigenvalue weighted by Crippen LogP contribution is 2.43. The molecule has 13 heteroatoms. The van der Waals surface area contributed by atoms with E-state index in [1.807, 2.05) is 37.3 Å². The molecule has 2 aliphatic carbocycles. The van der Waals surface area contributed by atoms with Crippen molar-refractivity contribution in [3.63, 3.8) is 0 Å². The van der Waals surface area contributed by atoms with Crippen LogP contribution in [0.2, 0.25) is 0 Å². The van der Waals surface area contributed by atoms with Crippen LogP contribution in [-0.2, 0) is 48.8 Å². The number of urea groups is 1. The lowest BCUT2D eigenvalue weighted by Crippen LogP contribution is -2.47. The molecule has 1 spiro atoms. The predicted molar refractivity (Wildman–Crippen MR) is 148 cm³/mol. The van der Waals surface area contributed by atoms with E-state index in [0.717, 1.165) is 33.9 Å². The van der Waals surface area contributed by atoms with Crippen LogP contribution in [0.3, 0.4) is 0 Å². The second kappa shape index (κ2) is 10.5. The number of thiol groups is 1. The van der Waals surface area contributed by atoms with Gasteiger partial charge in [0.25, 0.3) is 5.91 Å². The first-order valence-corrected chi connectivity index (χ1v) is 16.3. The Labute approximate surface area is 235 Å². The van der Waals surface area contributed by atoms with E-state index >= 15 is 0 Å². The number of nitrogens with zero attached hydrogens (tertiary/aromatic N) is 3. The smallest absolute Gasteiger partial charge is 0.325 e. The topological polar surface area (TPSA) is 141 Å². The lowest BCUT2D eigenvalue weighted by molar-refractivity contribution is -0.141. The van der Waals surface area contributed by atoms with Crippen LogP contribution < -0.4 is 9.62 Å². The Kier molecular flexibility index (Phi) is 7.38. The second-order valence-corrected chi connectivity index (χ2v) is 13.9. The largest absolute Gasteiger partial charge is 0.334 e. The Balaban J connectivity index is 1.37. The van der Waals surface area contributed by atoms with Crippen LogP contribution in [0.5, 0.6) is 0 Å². The molecular formula is C27H32N4O7S2. The van der Waals surface area contributed by atoms with Gasteiger partial charge in [0.15, 0.2) is 9.84 Å². The fourth-order valence-electron chi connectivity index (χ4n) is 5.68. The highest BCUT2D eigenvalue weighted by molar-refractivity contribution is 7.91. The van der Waals surface area contributed by atoms with Crippen LogP contribution in [0.1, 0.15) is 42.9 Å². The van der Waals surface area contributed by atoms with Gasteiger partial charge in [0.1, 0.15) is 18.0 Å². The molecule has 1 saturated heterocycles. The molecular weight excluding hydrogens is 556 g/mol. The Bertz CT molecular complexity index is 1530. The maximum Gasteiger partial charge on any atom is 0.325 e. The summed E-state index contributed by atoms with van der Waals surface area (Å²) >= 11 is 0. The predicted octanol–water partition coefficient (Wildman–Crippen LogP) is 1.54. The molecule has 1 heterocycles. The van der Waals surface area contributed by atoms with Crippen LogP contribution >= 0.6 is 0 Å². The minimum atomic E-state index is -3.63. The number of hydrogen-bond donors (Lipinski definition) is 2. The van der Waals surface area contributed by atoms with Crippen molar-refractivity contribution >= 4 is 44.3 Å². The summed E-state index contributed by atoms with van der Waals surface area (Å²) in [6.07, 6.45) is 3.61. The summed E-state index contributed by atoms with van der Waals surface area (Å²) in [5, 5.41) is 2.79. The van der Waals surface area contributed by atoms with Crippen molar-refractivity contribution in [2.45, 2.75) is 50.7 Å². The zero-order valence-corrected chi connectivity index (χ0v) is 24.0. The summed E-state index contributed by atoms with van der Waals surface area (Å²) in [4.78, 5) is 43.1. The third kappa shape index (κ3) is 5.44. The van der Waals surface area contributed by atoms with Gasteiger partial charge in [-0.1, -0.05) is 36.4 Å². The Hall–Kier alpha value is -3.45. The van der Waals surface area contributed by atoms with E-state index in [1.54, 1.807) is 11.0 Å². The number of carbonyl (C=O) groups is 3. The molecule has 0 bridgehead atoms. The molecule has 3 aliphatic rings. The van der Waals surface area contributed by atoms with Gasteiger partial charge in [-0.25, -0.2) is 21.6 Å². The second-order valence-electron chi connectivity index (χ2n) is 10.8. The molecule has 4 amide bonds. The van der Waals surface area contributed by atoms with E-state index in [4.69, 9.17) is 0 Å². The number of hydrogen-bond acceptors (Lipinski definition) is 7. The van der Waals surface area contributed by atoms with Gasteiger partial charge in [-0.3, -0.25) is 18.8 Å². The van der Waals surface area contributed by atoms with Gasteiger partial charge in [0.05, 0.1) is 5.69 Å². The molecule has 2 unspecified atom stereocenters. The standard InChI is InChI=1S/C27H32N4O7S2/c1-18(20-8-9-20)29(15-19-6-4-3-5-7-19)24(32)16-30-25(33)27(28-26(30)34)13-12-21-14-22(10-11-23(21)27)31(39(35)36)17-40(2,37)38/h3-7,10-11,14,18,20,39H,8-9,12-13,15-17H2,1-2H3,(H,28,34). The third-order valence-corrected chi connectivity index (χ3v) is 9.64. The lowest BCUT2D eigenvalue weighted by atomic mass is 9.91. The maximum atomic E-state index is 13.7. The van der Waals surface area contributed by atoms with E-state index < -0.39 is 44.1 Å². The first-order chi connectivity index (χ1) is 18.9. The van der Waals surface area contributed by atoms with Gasteiger partial charge < -0.3 is 10.2 Å². The first-order valence-electron chi connectivity index (χ1n) is 13.1. The molecule has 40 heavy (non-hydrogen) atoms. The van der Waals surface area contributed by atoms with Crippen molar-refractivity contribution in [3.8, 4) is 0 Å². The number of rotatable bonds is 10. The molecule has 0 radical (unpaired) electrons. The summed E-state index contributed by atoms with van der Waals surface area (Å²) < 4.78 is 47.8. The normalized spacial score (nSPS) is 21.0. The number of benzene rings is 2. The molecule has 2 atom stereocenters. The molecule has 1 saturated carbocycles. The number of amides is 4. The maximum absolute atomic E-state index is 13.7. The number of aryl methyl sites for hydroxylation is 1. The van der Waals surface area contributed by atoms with Crippen LogP contribution in [0, 0.1) is 5.92 Å². The molecule has 2 aromatic carbocycles. The average Bonchev–Trinajstić information content (AvgIpc) is 3.66. The molecule has 1 aliphatic heterocycles. The lowest BCUT2D eigenvalue weighted by Gasteiger charge is -2.31. The van der Waals surface area contributed by atoms with E-state index in [0.29, 0.717) is 30.0 Å². The van der Waals surface area contributed by atoms with Crippen molar-refractivity contribution in [2.75, 3.05) is 23.0 Å². The minimum absolute atomic E-state index is 0.0320. The highest BCUT2D eigenvalue weighted by atomic mass is 32.2. The van der Waals surface area contributed by atoms with Crippen LogP contribution in [0.4, 0.5) is 10.5 Å². The molecule has 214 valence electrons. The number of carbonyl (C=O) groups excluding carboxylic acids is 3. The zero-order valence-electron chi connectivity index (χ0n) is 22.3. The van der Waals surface area contributed by atoms with Crippen molar-refractivity contribution in [3.05, 3.63) is 65.2 Å². The summed E-state index contributed by atoms with van der Waals surface area (Å²) in [5.41, 5.74) is 0.896. The van der Waals surface area contributed by atoms with E-state index in [9.17, 15) is 31.2 Å². The Morgan fingerprint density at radius 2 is 1.85 bits per heavy atom. The third-order valence-electron chi connectivity index (χ3n) is 7.95. The van der Waals surface area contributed by atoms with E-state index in [1.165, 1.54) is 12.1 Å². The van der Waals surface area contributed by atoms with Gasteiger partial charge in [-0.15, -0.1) is 0 Å². The number of sulfone groups is 1. The Morgan fingerprint density at radius 3 is 2.48 bits per heavy atom. The number of fused-ring (bicyclic) bond motifs is 2. The van der Waals surface area contributed by atoms with Crippen LogP contribution in [-0.4, -0.2) is 69.2 Å². The fourth-order valence-corrected chi connectivity index (χ4v) is 7.59. The highest BCUT2D eigenvalue weighted by Gasteiger charge is 2.56. The number of anilines is 1. The average molecular weight is 589 g/mol. The first kappa shape index (κ1) is 28.1. The minimum Gasteiger partial charge on any atom is -0.334 e. The molecule has 1 N–H and O–H groups in total. The molecule has 2 fully saturated rings. The van der Waals surface area contributed by atoms with Crippen LogP contribution in [0.15, 0.2) is 48.5 Å². The van der Waals surface area contributed by atoms with Crippen LogP contribution in [0.25, 0.3) is 0 Å². The molecule has 11 nitrogen and oxygen atoms in total. The molecule has 0 aromatic heterocycles. The SMILES string of the molecule is CC(C1CC1)N(Cc1ccccc1)C(=O)CN1C(=O)NC2(CCc3cc(N(CS(C)(=O)=O)[SH](=O)=O)ccc32)C1=O. The van der Waals surface area contributed by atoms with Crippen molar-refractivity contribution in [1.29, 1.82) is 0 Å². The monoisotopic (exact) mass is 588 g/mol. The number of imide groups is 1. The van der Waals surface area contributed by atoms with Gasteiger partial charge in [0, 0.05) is 18.8 Å². The Morgan fingerprint density at radius 1 is 1.15 bits per heavy atom. The summed E-state index contributed by atoms with van der Waals surface area (Å²) in [7, 11) is -6.86. The number of nitrogens with one attached hydrogen (secondary N) is 1. The summed E-state index contributed by atoms with van der Waals surface area (Å²) in [6, 6.07) is 13.4. The molecule has 2 aromatic rings. The summed E-state index contributed by atoms with van der Waals surface area (Å²) in [6.45, 7) is 1.99. The van der Waals surface area contributed by atoms with Gasteiger partial charge in [0.2, 0.25) is 16.8 Å². The van der Waals surface area contributed by atoms with Gasteiger partial charge in [-0.2, -0.15) is 0 Å². The quantitative estimate of drug-likeness (QED) is 0.317. The van der Waals surface area contributed by atoms with Gasteiger partial charge >= 0.3 is 6.03 Å². The van der Waals surface area contributed by atoms with E-state index in [-0.39, 0.29) is 30.6 Å². The van der Waals surface area contributed by atoms with E-state index in [2.05, 4.69) is 5.32 Å². The van der Waals surface area contributed by atoms with Crippen molar-refractivity contribution < 1.29 is 31.2 Å². The van der Waals surface area contributed by atoms with Gasteiger partial charge in [-0.05, 0) is 67.3 Å². The van der Waals surface area contributed by atoms with Crippen molar-refractivity contribution in [1.82, 2.24) is 15.1 Å². The fraction of sp³-hybridized carbons (Fsp3) is 0.444.